The zero-order valence-electron chi connectivity index (χ0n) is 25.4. The number of alkyl halides is 6. The second-order valence-corrected chi connectivity index (χ2v) is 13.1. The maximum absolute atomic E-state index is 13.9. The summed E-state index contributed by atoms with van der Waals surface area (Å²) in [5.41, 5.74) is -3.84. The zero-order chi connectivity index (χ0) is 32.5. The van der Waals surface area contributed by atoms with Crippen molar-refractivity contribution in [2.45, 2.75) is 114 Å². The minimum Gasteiger partial charge on any atom is -0.459 e. The molecule has 2 aliphatic rings. The highest BCUT2D eigenvalue weighted by atomic mass is 19.4. The number of hydrogen-bond acceptors (Lipinski definition) is 4. The smallest absolute Gasteiger partial charge is 0.416 e. The summed E-state index contributed by atoms with van der Waals surface area (Å²) in [6, 6.07) is 7.34. The van der Waals surface area contributed by atoms with Crippen molar-refractivity contribution in [3.63, 3.8) is 0 Å². The van der Waals surface area contributed by atoms with Crippen LogP contribution in [-0.2, 0) is 26.6 Å². The van der Waals surface area contributed by atoms with E-state index in [2.05, 4.69) is 5.32 Å². The van der Waals surface area contributed by atoms with E-state index in [9.17, 15) is 35.5 Å². The van der Waals surface area contributed by atoms with Gasteiger partial charge in [-0.3, -0.25) is 4.79 Å². The molecule has 2 saturated carbocycles. The number of ether oxygens (including phenoxy) is 2. The number of benzene rings is 2. The standard InChI is InChI=1S/C33H40F7NO3/c1-20(23-16-24(32(35,36)37)18-25(17-23)33(38,39)40)43-27-13-10-22(28(27)21-8-11-26(34)12-9-21)19-41-31(14-6-5-7-15-31)29(42)44-30(2,3)4/h8-9,11-12,16-18,20,22,27-28,41H,5-7,10,13-15,19H2,1-4H3/t20-,22?,27?,28?/m1/s1. The Morgan fingerprint density at radius 1 is 0.909 bits per heavy atom. The van der Waals surface area contributed by atoms with E-state index in [0.29, 0.717) is 44.4 Å². The van der Waals surface area contributed by atoms with Crippen LogP contribution < -0.4 is 5.32 Å². The molecule has 0 aliphatic heterocycles. The van der Waals surface area contributed by atoms with Crippen molar-refractivity contribution >= 4 is 5.97 Å². The lowest BCUT2D eigenvalue weighted by Crippen LogP contribution is -2.56. The Bertz CT molecular complexity index is 1250. The van der Waals surface area contributed by atoms with Gasteiger partial charge in [0.2, 0.25) is 0 Å². The summed E-state index contributed by atoms with van der Waals surface area (Å²) in [7, 11) is 0. The molecule has 0 amide bonds. The van der Waals surface area contributed by atoms with Crippen LogP contribution in [0, 0.1) is 11.7 Å². The summed E-state index contributed by atoms with van der Waals surface area (Å²) in [6.07, 6.45) is -6.56. The molecule has 0 aromatic heterocycles. The van der Waals surface area contributed by atoms with E-state index in [1.165, 1.54) is 19.1 Å². The highest BCUT2D eigenvalue weighted by Gasteiger charge is 2.45. The zero-order valence-corrected chi connectivity index (χ0v) is 25.4. The normalized spacial score (nSPS) is 23.4. The van der Waals surface area contributed by atoms with Crippen molar-refractivity contribution in [2.75, 3.05) is 6.54 Å². The Kier molecular flexibility index (Phi) is 10.1. The number of hydrogen-bond donors (Lipinski definition) is 1. The lowest BCUT2D eigenvalue weighted by atomic mass is 9.80. The molecular formula is C33H40F7NO3. The molecular weight excluding hydrogens is 591 g/mol. The fourth-order valence-electron chi connectivity index (χ4n) is 6.46. The first-order chi connectivity index (χ1) is 20.4. The van der Waals surface area contributed by atoms with Crippen LogP contribution in [0.5, 0.6) is 0 Å². The second-order valence-electron chi connectivity index (χ2n) is 13.1. The number of nitrogens with one attached hydrogen (secondary N) is 1. The van der Waals surface area contributed by atoms with E-state index < -0.39 is 52.6 Å². The summed E-state index contributed by atoms with van der Waals surface area (Å²) < 4.78 is 107. The van der Waals surface area contributed by atoms with Gasteiger partial charge in [-0.15, -0.1) is 0 Å². The molecule has 4 nitrogen and oxygen atoms in total. The quantitative estimate of drug-likeness (QED) is 0.233. The number of rotatable bonds is 8. The first kappa shape index (κ1) is 34.2. The molecule has 1 N–H and O–H groups in total. The second kappa shape index (κ2) is 13.0. The molecule has 2 aromatic carbocycles. The van der Waals surface area contributed by atoms with Crippen LogP contribution in [0.25, 0.3) is 0 Å². The molecule has 4 atom stereocenters. The predicted molar refractivity (Wildman–Crippen MR) is 151 cm³/mol. The van der Waals surface area contributed by atoms with Gasteiger partial charge in [0.15, 0.2) is 0 Å². The Morgan fingerprint density at radius 3 is 2.00 bits per heavy atom. The summed E-state index contributed by atoms with van der Waals surface area (Å²) in [5.74, 6) is -1.21. The maximum atomic E-state index is 13.9. The van der Waals surface area contributed by atoms with Crippen molar-refractivity contribution in [1.29, 1.82) is 0 Å². The molecule has 244 valence electrons. The fraction of sp³-hybridized carbons (Fsp3) is 0.606. The SMILES string of the molecule is C[C@@H](OC1CCC(CNC2(C(=O)OC(C)(C)C)CCCCC2)C1c1ccc(F)cc1)c1cc(C(F)(F)F)cc(C(F)(F)F)c1. The summed E-state index contributed by atoms with van der Waals surface area (Å²) in [5, 5.41) is 3.51. The van der Waals surface area contributed by atoms with Crippen LogP contribution in [0.2, 0.25) is 0 Å². The van der Waals surface area contributed by atoms with Crippen molar-refractivity contribution in [3.8, 4) is 0 Å². The van der Waals surface area contributed by atoms with Crippen LogP contribution in [0.15, 0.2) is 42.5 Å². The van der Waals surface area contributed by atoms with E-state index in [4.69, 9.17) is 9.47 Å². The van der Waals surface area contributed by atoms with Gasteiger partial charge in [-0.2, -0.15) is 26.3 Å². The highest BCUT2D eigenvalue weighted by molar-refractivity contribution is 5.81. The Morgan fingerprint density at radius 2 is 1.48 bits per heavy atom. The van der Waals surface area contributed by atoms with Gasteiger partial charge in [-0.25, -0.2) is 4.39 Å². The minimum absolute atomic E-state index is 0.0978. The van der Waals surface area contributed by atoms with Gasteiger partial charge < -0.3 is 14.8 Å². The Balaban J connectivity index is 1.60. The monoisotopic (exact) mass is 631 g/mol. The van der Waals surface area contributed by atoms with Gasteiger partial charge in [-0.1, -0.05) is 31.4 Å². The summed E-state index contributed by atoms with van der Waals surface area (Å²) in [4.78, 5) is 13.4. The molecule has 2 fully saturated rings. The van der Waals surface area contributed by atoms with E-state index in [-0.39, 0.29) is 29.4 Å². The third-order valence-electron chi connectivity index (χ3n) is 8.64. The van der Waals surface area contributed by atoms with E-state index >= 15 is 0 Å². The van der Waals surface area contributed by atoms with Crippen molar-refractivity contribution in [3.05, 3.63) is 70.5 Å². The average Bonchev–Trinajstić information content (AvgIpc) is 3.32. The number of esters is 1. The van der Waals surface area contributed by atoms with Gasteiger partial charge >= 0.3 is 18.3 Å². The molecule has 11 heteroatoms. The van der Waals surface area contributed by atoms with E-state index in [1.807, 2.05) is 20.8 Å². The highest BCUT2D eigenvalue weighted by Crippen LogP contribution is 2.45. The molecule has 0 radical (unpaired) electrons. The molecule has 44 heavy (non-hydrogen) atoms. The predicted octanol–water partition coefficient (Wildman–Crippen LogP) is 9.14. The largest absolute Gasteiger partial charge is 0.459 e. The van der Waals surface area contributed by atoms with Crippen LogP contribution >= 0.6 is 0 Å². The third-order valence-corrected chi connectivity index (χ3v) is 8.64. The van der Waals surface area contributed by atoms with Crippen LogP contribution in [0.3, 0.4) is 0 Å². The Labute approximate surface area is 253 Å². The van der Waals surface area contributed by atoms with Crippen LogP contribution in [0.4, 0.5) is 30.7 Å². The van der Waals surface area contributed by atoms with E-state index in [0.717, 1.165) is 24.8 Å². The molecule has 4 rings (SSSR count). The molecule has 0 saturated heterocycles. The van der Waals surface area contributed by atoms with Crippen molar-refractivity contribution in [2.24, 2.45) is 5.92 Å². The van der Waals surface area contributed by atoms with Crippen LogP contribution in [-0.4, -0.2) is 29.8 Å². The molecule has 0 bridgehead atoms. The van der Waals surface area contributed by atoms with Crippen molar-refractivity contribution in [1.82, 2.24) is 5.32 Å². The number of halogens is 7. The van der Waals surface area contributed by atoms with Gasteiger partial charge in [0.05, 0.1) is 23.3 Å². The molecule has 0 heterocycles. The van der Waals surface area contributed by atoms with E-state index in [1.54, 1.807) is 12.1 Å². The molecule has 3 unspecified atom stereocenters. The minimum atomic E-state index is -4.97. The number of carbonyl (C=O) groups excluding carboxylic acids is 1. The first-order valence-corrected chi connectivity index (χ1v) is 15.1. The first-order valence-electron chi connectivity index (χ1n) is 15.1. The third kappa shape index (κ3) is 8.33. The van der Waals surface area contributed by atoms with Gasteiger partial charge in [0.25, 0.3) is 0 Å². The van der Waals surface area contributed by atoms with Crippen LogP contribution in [0.1, 0.15) is 107 Å². The number of carbonyl (C=O) groups is 1. The summed E-state index contributed by atoms with van der Waals surface area (Å²) >= 11 is 0. The van der Waals surface area contributed by atoms with Gasteiger partial charge in [0.1, 0.15) is 17.0 Å². The fourth-order valence-corrected chi connectivity index (χ4v) is 6.46. The lowest BCUT2D eigenvalue weighted by Gasteiger charge is -2.39. The van der Waals surface area contributed by atoms with Gasteiger partial charge in [0, 0.05) is 5.92 Å². The Hall–Kier alpha value is -2.66. The average molecular weight is 632 g/mol. The van der Waals surface area contributed by atoms with Gasteiger partial charge in [-0.05, 0) is 107 Å². The molecule has 0 spiro atoms. The lowest BCUT2D eigenvalue weighted by molar-refractivity contribution is -0.165. The maximum Gasteiger partial charge on any atom is 0.416 e. The summed E-state index contributed by atoms with van der Waals surface area (Å²) in [6.45, 7) is 7.27. The molecule has 2 aromatic rings. The molecule has 2 aliphatic carbocycles. The van der Waals surface area contributed by atoms with Crippen molar-refractivity contribution < 1.29 is 45.0 Å². The topological polar surface area (TPSA) is 47.6 Å².